The van der Waals surface area contributed by atoms with Gasteiger partial charge in [0.05, 0.1) is 12.5 Å². The second kappa shape index (κ2) is 4.26. The van der Waals surface area contributed by atoms with Crippen LogP contribution < -0.4 is 0 Å². The van der Waals surface area contributed by atoms with Gasteiger partial charge < -0.3 is 9.84 Å². The molecule has 0 saturated carbocycles. The highest BCUT2D eigenvalue weighted by Gasteiger charge is 2.32. The van der Waals surface area contributed by atoms with Crippen LogP contribution in [0.25, 0.3) is 0 Å². The summed E-state index contributed by atoms with van der Waals surface area (Å²) >= 11 is 0. The van der Waals surface area contributed by atoms with Crippen LogP contribution in [0.3, 0.4) is 0 Å². The van der Waals surface area contributed by atoms with Gasteiger partial charge in [-0.15, -0.1) is 0 Å². The maximum atomic E-state index is 11.0. The van der Waals surface area contributed by atoms with Crippen molar-refractivity contribution in [1.82, 2.24) is 0 Å². The normalized spacial score (nSPS) is 20.2. The average Bonchev–Trinajstić information content (AvgIpc) is 2.80. The average molecular weight is 170 g/mol. The minimum Gasteiger partial charge on any atom is -0.465 e. The van der Waals surface area contributed by atoms with E-state index in [0.717, 1.165) is 18.4 Å². The molecule has 1 N–H and O–H groups in total. The summed E-state index contributed by atoms with van der Waals surface area (Å²) in [6.07, 6.45) is 3.45. The summed E-state index contributed by atoms with van der Waals surface area (Å²) in [5.74, 6) is -0.220. The Morgan fingerprint density at radius 2 is 2.50 bits per heavy atom. The van der Waals surface area contributed by atoms with E-state index in [0.29, 0.717) is 6.61 Å². The molecule has 68 valence electrons. The molecule has 0 saturated heterocycles. The molecule has 0 bridgehead atoms. The summed E-state index contributed by atoms with van der Waals surface area (Å²) in [5.41, 5.74) is 1.11. The molecule has 3 nitrogen and oxygen atoms in total. The van der Waals surface area contributed by atoms with Gasteiger partial charge in [0.25, 0.3) is 0 Å². The molecular formula is C9H14O3. The van der Waals surface area contributed by atoms with Crippen molar-refractivity contribution in [2.75, 3.05) is 13.2 Å². The van der Waals surface area contributed by atoms with Crippen molar-refractivity contribution < 1.29 is 14.6 Å². The monoisotopic (exact) mass is 170 g/mol. The van der Waals surface area contributed by atoms with Crippen molar-refractivity contribution in [1.29, 1.82) is 0 Å². The first-order valence-electron chi connectivity index (χ1n) is 4.27. The largest absolute Gasteiger partial charge is 0.465 e. The first-order chi connectivity index (χ1) is 5.79. The van der Waals surface area contributed by atoms with E-state index >= 15 is 0 Å². The molecule has 12 heavy (non-hydrogen) atoms. The molecule has 1 rings (SSSR count). The molecule has 1 aliphatic carbocycles. The Bertz CT molecular complexity index is 196. The molecule has 0 fully saturated rings. The second-order valence-corrected chi connectivity index (χ2v) is 2.80. The van der Waals surface area contributed by atoms with Gasteiger partial charge in [-0.1, -0.05) is 11.6 Å². The zero-order valence-corrected chi connectivity index (χ0v) is 7.25. The van der Waals surface area contributed by atoms with Gasteiger partial charge in [0.15, 0.2) is 0 Å². The lowest BCUT2D eigenvalue weighted by Gasteiger charge is -2.00. The second-order valence-electron chi connectivity index (χ2n) is 2.80. The molecule has 3 heteroatoms. The Kier molecular flexibility index (Phi) is 3.29. The van der Waals surface area contributed by atoms with Crippen molar-refractivity contribution in [3.05, 3.63) is 11.6 Å². The predicted molar refractivity (Wildman–Crippen MR) is 44.5 cm³/mol. The summed E-state index contributed by atoms with van der Waals surface area (Å²) in [5, 5.41) is 8.53. The number of carbonyl (C=O) groups excluding carboxylic acids is 1. The SMILES string of the molecule is CCOC(=O)C1C=C1CCCO. The van der Waals surface area contributed by atoms with Gasteiger partial charge in [-0.2, -0.15) is 0 Å². The summed E-state index contributed by atoms with van der Waals surface area (Å²) < 4.78 is 4.82. The molecular weight excluding hydrogens is 156 g/mol. The summed E-state index contributed by atoms with van der Waals surface area (Å²) in [4.78, 5) is 11.0. The highest BCUT2D eigenvalue weighted by atomic mass is 16.5. The van der Waals surface area contributed by atoms with Crippen LogP contribution >= 0.6 is 0 Å². The smallest absolute Gasteiger partial charge is 0.316 e. The fourth-order valence-electron chi connectivity index (χ4n) is 1.14. The Morgan fingerprint density at radius 3 is 3.08 bits per heavy atom. The first-order valence-corrected chi connectivity index (χ1v) is 4.27. The number of aliphatic hydroxyl groups excluding tert-OH is 1. The van der Waals surface area contributed by atoms with E-state index in [1.165, 1.54) is 0 Å². The third-order valence-corrected chi connectivity index (χ3v) is 1.84. The molecule has 0 aromatic rings. The lowest BCUT2D eigenvalue weighted by molar-refractivity contribution is -0.144. The van der Waals surface area contributed by atoms with Gasteiger partial charge in [0, 0.05) is 6.61 Å². The maximum Gasteiger partial charge on any atom is 0.316 e. The zero-order valence-electron chi connectivity index (χ0n) is 7.25. The summed E-state index contributed by atoms with van der Waals surface area (Å²) in [7, 11) is 0. The molecule has 1 atom stereocenters. The first kappa shape index (κ1) is 9.26. The van der Waals surface area contributed by atoms with Crippen LogP contribution in [-0.2, 0) is 9.53 Å². The van der Waals surface area contributed by atoms with E-state index in [2.05, 4.69) is 0 Å². The lowest BCUT2D eigenvalue weighted by Crippen LogP contribution is -2.08. The Labute approximate surface area is 72.0 Å². The van der Waals surface area contributed by atoms with Crippen molar-refractivity contribution >= 4 is 5.97 Å². The van der Waals surface area contributed by atoms with Crippen LogP contribution in [0, 0.1) is 5.92 Å². The Hall–Kier alpha value is -0.830. The number of rotatable bonds is 5. The van der Waals surface area contributed by atoms with E-state index < -0.39 is 0 Å². The number of aliphatic hydroxyl groups is 1. The van der Waals surface area contributed by atoms with Gasteiger partial charge in [-0.05, 0) is 19.8 Å². The quantitative estimate of drug-likeness (QED) is 0.492. The molecule has 0 aliphatic heterocycles. The van der Waals surface area contributed by atoms with E-state index in [4.69, 9.17) is 9.84 Å². The van der Waals surface area contributed by atoms with E-state index in [1.54, 1.807) is 6.92 Å². The number of esters is 1. The Morgan fingerprint density at radius 1 is 1.75 bits per heavy atom. The number of ether oxygens (including phenoxy) is 1. The van der Waals surface area contributed by atoms with Crippen molar-refractivity contribution in [3.63, 3.8) is 0 Å². The molecule has 0 radical (unpaired) electrons. The van der Waals surface area contributed by atoms with Gasteiger partial charge >= 0.3 is 5.97 Å². The molecule has 0 aromatic carbocycles. The minimum atomic E-state index is -0.148. The van der Waals surface area contributed by atoms with Crippen molar-refractivity contribution in [2.24, 2.45) is 5.92 Å². The zero-order chi connectivity index (χ0) is 8.97. The third kappa shape index (κ3) is 2.34. The highest BCUT2D eigenvalue weighted by molar-refractivity contribution is 5.83. The summed E-state index contributed by atoms with van der Waals surface area (Å²) in [6.45, 7) is 2.43. The molecule has 1 unspecified atom stereocenters. The number of carbonyl (C=O) groups is 1. The van der Waals surface area contributed by atoms with Crippen LogP contribution in [0.15, 0.2) is 11.6 Å². The molecule has 0 aromatic heterocycles. The van der Waals surface area contributed by atoms with E-state index in [1.807, 2.05) is 6.08 Å². The predicted octanol–water partition coefficient (Wildman–Crippen LogP) is 0.878. The van der Waals surface area contributed by atoms with Gasteiger partial charge in [-0.3, -0.25) is 4.79 Å². The third-order valence-electron chi connectivity index (χ3n) is 1.84. The van der Waals surface area contributed by atoms with Crippen LogP contribution in [0.4, 0.5) is 0 Å². The number of hydrogen-bond acceptors (Lipinski definition) is 3. The fraction of sp³-hybridized carbons (Fsp3) is 0.667. The minimum absolute atomic E-state index is 0.0727. The molecule has 0 amide bonds. The van der Waals surface area contributed by atoms with Gasteiger partial charge in [0.2, 0.25) is 0 Å². The lowest BCUT2D eigenvalue weighted by atomic mass is 10.2. The molecule has 1 aliphatic rings. The Balaban J connectivity index is 2.13. The van der Waals surface area contributed by atoms with Crippen LogP contribution in [-0.4, -0.2) is 24.3 Å². The van der Waals surface area contributed by atoms with Gasteiger partial charge in [-0.25, -0.2) is 0 Å². The number of hydrogen-bond donors (Lipinski definition) is 1. The van der Waals surface area contributed by atoms with E-state index in [-0.39, 0.29) is 18.5 Å². The van der Waals surface area contributed by atoms with Crippen LogP contribution in [0.1, 0.15) is 19.8 Å². The van der Waals surface area contributed by atoms with Gasteiger partial charge in [0.1, 0.15) is 0 Å². The van der Waals surface area contributed by atoms with Crippen molar-refractivity contribution in [2.45, 2.75) is 19.8 Å². The highest BCUT2D eigenvalue weighted by Crippen LogP contribution is 2.33. The van der Waals surface area contributed by atoms with Crippen molar-refractivity contribution in [3.8, 4) is 0 Å². The molecule has 0 spiro atoms. The van der Waals surface area contributed by atoms with E-state index in [9.17, 15) is 4.79 Å². The van der Waals surface area contributed by atoms with Crippen LogP contribution in [0.2, 0.25) is 0 Å². The summed E-state index contributed by atoms with van der Waals surface area (Å²) in [6, 6.07) is 0. The maximum absolute atomic E-state index is 11.0. The fourth-order valence-corrected chi connectivity index (χ4v) is 1.14. The topological polar surface area (TPSA) is 46.5 Å². The van der Waals surface area contributed by atoms with Crippen LogP contribution in [0.5, 0.6) is 0 Å². The standard InChI is InChI=1S/C9H14O3/c1-2-12-9(11)8-6-7(8)4-3-5-10/h6,8,10H,2-5H2,1H3. The molecule has 0 heterocycles.